The van der Waals surface area contributed by atoms with Crippen LogP contribution in [0.4, 0.5) is 13.2 Å². The van der Waals surface area contributed by atoms with Crippen LogP contribution in [0, 0.1) is 29.1 Å². The third kappa shape index (κ3) is 2.55. The van der Waals surface area contributed by atoms with Crippen LogP contribution in [0.3, 0.4) is 0 Å². The van der Waals surface area contributed by atoms with Crippen LogP contribution in [0.2, 0.25) is 0 Å². The van der Waals surface area contributed by atoms with Gasteiger partial charge in [-0.2, -0.15) is 18.4 Å². The van der Waals surface area contributed by atoms with Gasteiger partial charge >= 0.3 is 6.18 Å². The molecule has 1 saturated carbocycles. The molecule has 4 unspecified atom stereocenters. The van der Waals surface area contributed by atoms with Crippen LogP contribution >= 0.6 is 0 Å². The molecule has 3 nitrogen and oxygen atoms in total. The molecule has 0 aromatic heterocycles. The molecule has 0 aromatic carbocycles. The second kappa shape index (κ2) is 4.46. The number of rotatable bonds is 2. The molecule has 17 heavy (non-hydrogen) atoms. The van der Waals surface area contributed by atoms with Gasteiger partial charge in [0.2, 0.25) is 0 Å². The van der Waals surface area contributed by atoms with E-state index in [-0.39, 0.29) is 18.6 Å². The number of aliphatic hydroxyl groups is 1. The topological polar surface area (TPSA) is 47.3 Å². The molecule has 2 fully saturated rings. The van der Waals surface area contributed by atoms with E-state index in [1.165, 1.54) is 6.07 Å². The zero-order valence-corrected chi connectivity index (χ0v) is 9.32. The maximum atomic E-state index is 12.4. The fraction of sp³-hybridized carbons (Fsp3) is 0.909. The quantitative estimate of drug-likeness (QED) is 0.803. The maximum absolute atomic E-state index is 12.4. The summed E-state index contributed by atoms with van der Waals surface area (Å²) in [6.07, 6.45) is -3.20. The van der Waals surface area contributed by atoms with Crippen LogP contribution < -0.4 is 0 Å². The Morgan fingerprint density at radius 1 is 1.35 bits per heavy atom. The highest BCUT2D eigenvalue weighted by Crippen LogP contribution is 2.39. The van der Waals surface area contributed by atoms with Crippen molar-refractivity contribution in [2.24, 2.45) is 17.8 Å². The van der Waals surface area contributed by atoms with E-state index in [0.29, 0.717) is 19.0 Å². The lowest BCUT2D eigenvalue weighted by molar-refractivity contribution is -0.162. The number of likely N-dealkylation sites (tertiary alicyclic amines) is 1. The van der Waals surface area contributed by atoms with Crippen LogP contribution in [0.5, 0.6) is 0 Å². The van der Waals surface area contributed by atoms with Crippen molar-refractivity contribution in [2.45, 2.75) is 25.1 Å². The SMILES string of the molecule is N#CC(CN1CC2CCC(O)C2C1)C(F)(F)F. The normalized spacial score (nSPS) is 35.6. The fourth-order valence-electron chi connectivity index (χ4n) is 2.95. The molecule has 0 bridgehead atoms. The van der Waals surface area contributed by atoms with Gasteiger partial charge in [-0.25, -0.2) is 0 Å². The molecular formula is C11H15F3N2O. The van der Waals surface area contributed by atoms with Gasteiger partial charge in [0, 0.05) is 25.6 Å². The Hall–Kier alpha value is -0.800. The van der Waals surface area contributed by atoms with Gasteiger partial charge in [-0.3, -0.25) is 0 Å². The van der Waals surface area contributed by atoms with Gasteiger partial charge in [0.25, 0.3) is 0 Å². The van der Waals surface area contributed by atoms with Crippen molar-refractivity contribution in [3.05, 3.63) is 0 Å². The first-order valence-corrected chi connectivity index (χ1v) is 5.78. The summed E-state index contributed by atoms with van der Waals surface area (Å²) in [5.41, 5.74) is 0. The van der Waals surface area contributed by atoms with E-state index < -0.39 is 12.1 Å². The van der Waals surface area contributed by atoms with Gasteiger partial charge in [0.15, 0.2) is 5.92 Å². The van der Waals surface area contributed by atoms with Crippen LogP contribution in [-0.2, 0) is 0 Å². The van der Waals surface area contributed by atoms with Crippen molar-refractivity contribution in [2.75, 3.05) is 19.6 Å². The Bertz CT molecular complexity index is 326. The number of fused-ring (bicyclic) bond motifs is 1. The Labute approximate surface area is 97.8 Å². The second-order valence-corrected chi connectivity index (χ2v) is 5.01. The zero-order chi connectivity index (χ0) is 12.6. The van der Waals surface area contributed by atoms with E-state index in [9.17, 15) is 18.3 Å². The van der Waals surface area contributed by atoms with Crippen LogP contribution in [0.15, 0.2) is 0 Å². The summed E-state index contributed by atoms with van der Waals surface area (Å²) in [6, 6.07) is 1.32. The highest BCUT2D eigenvalue weighted by atomic mass is 19.4. The summed E-state index contributed by atoms with van der Waals surface area (Å²) >= 11 is 0. The zero-order valence-electron chi connectivity index (χ0n) is 9.32. The average molecular weight is 248 g/mol. The van der Waals surface area contributed by atoms with Gasteiger partial charge in [-0.15, -0.1) is 0 Å². The molecule has 1 N–H and O–H groups in total. The molecule has 96 valence electrons. The number of hydrogen-bond donors (Lipinski definition) is 1. The van der Waals surface area contributed by atoms with Crippen molar-refractivity contribution in [3.8, 4) is 6.07 Å². The second-order valence-electron chi connectivity index (χ2n) is 5.01. The maximum Gasteiger partial charge on any atom is 0.405 e. The number of nitrogens with zero attached hydrogens (tertiary/aromatic N) is 2. The molecule has 1 saturated heterocycles. The van der Waals surface area contributed by atoms with E-state index in [1.54, 1.807) is 4.90 Å². The molecule has 0 aromatic rings. The van der Waals surface area contributed by atoms with Crippen LogP contribution in [0.25, 0.3) is 0 Å². The molecular weight excluding hydrogens is 233 g/mol. The smallest absolute Gasteiger partial charge is 0.393 e. The highest BCUT2D eigenvalue weighted by Gasteiger charge is 2.46. The lowest BCUT2D eigenvalue weighted by Crippen LogP contribution is -2.35. The average Bonchev–Trinajstić information content (AvgIpc) is 2.76. The molecule has 0 radical (unpaired) electrons. The predicted octanol–water partition coefficient (Wildman–Crippen LogP) is 1.39. The van der Waals surface area contributed by atoms with Gasteiger partial charge in [0.1, 0.15) is 0 Å². The molecule has 1 heterocycles. The number of aliphatic hydroxyl groups excluding tert-OH is 1. The lowest BCUT2D eigenvalue weighted by atomic mass is 10.00. The van der Waals surface area contributed by atoms with Gasteiger partial charge < -0.3 is 10.0 Å². The first-order chi connectivity index (χ1) is 7.91. The molecule has 2 rings (SSSR count). The van der Waals surface area contributed by atoms with Crippen molar-refractivity contribution < 1.29 is 18.3 Å². The molecule has 1 aliphatic heterocycles. The Kier molecular flexibility index (Phi) is 3.32. The minimum Gasteiger partial charge on any atom is -0.393 e. The number of hydrogen-bond acceptors (Lipinski definition) is 3. The van der Waals surface area contributed by atoms with Gasteiger partial charge in [-0.05, 0) is 18.8 Å². The van der Waals surface area contributed by atoms with E-state index >= 15 is 0 Å². The largest absolute Gasteiger partial charge is 0.405 e. The third-order valence-electron chi connectivity index (χ3n) is 3.89. The van der Waals surface area contributed by atoms with Crippen molar-refractivity contribution >= 4 is 0 Å². The number of alkyl halides is 3. The number of halogens is 3. The molecule has 0 amide bonds. The summed E-state index contributed by atoms with van der Waals surface area (Å²) in [5.74, 6) is -1.52. The van der Waals surface area contributed by atoms with E-state index in [4.69, 9.17) is 5.26 Å². The monoisotopic (exact) mass is 248 g/mol. The summed E-state index contributed by atoms with van der Waals surface area (Å²) < 4.78 is 37.3. The number of nitriles is 1. The van der Waals surface area contributed by atoms with Crippen molar-refractivity contribution in [1.29, 1.82) is 5.26 Å². The summed E-state index contributed by atoms with van der Waals surface area (Å²) in [7, 11) is 0. The van der Waals surface area contributed by atoms with E-state index in [1.807, 2.05) is 0 Å². The molecule has 0 spiro atoms. The first kappa shape index (κ1) is 12.7. The van der Waals surface area contributed by atoms with Gasteiger partial charge in [-0.1, -0.05) is 0 Å². The Morgan fingerprint density at radius 3 is 2.59 bits per heavy atom. The van der Waals surface area contributed by atoms with Crippen LogP contribution in [-0.4, -0.2) is 41.9 Å². The molecule has 6 heteroatoms. The first-order valence-electron chi connectivity index (χ1n) is 5.78. The summed E-state index contributed by atoms with van der Waals surface area (Å²) in [5, 5.41) is 18.2. The lowest BCUT2D eigenvalue weighted by Gasteiger charge is -2.22. The summed E-state index contributed by atoms with van der Waals surface area (Å²) in [6.45, 7) is 0.801. The minimum atomic E-state index is -4.45. The molecule has 1 aliphatic carbocycles. The van der Waals surface area contributed by atoms with E-state index in [0.717, 1.165) is 12.8 Å². The minimum absolute atomic E-state index is 0.0996. The molecule has 4 atom stereocenters. The Morgan fingerprint density at radius 2 is 2.06 bits per heavy atom. The fourth-order valence-corrected chi connectivity index (χ4v) is 2.95. The Balaban J connectivity index is 1.92. The summed E-state index contributed by atoms with van der Waals surface area (Å²) in [4.78, 5) is 1.67. The molecule has 2 aliphatic rings. The van der Waals surface area contributed by atoms with Gasteiger partial charge in [0.05, 0.1) is 12.2 Å². The van der Waals surface area contributed by atoms with Crippen molar-refractivity contribution in [1.82, 2.24) is 4.90 Å². The predicted molar refractivity (Wildman–Crippen MR) is 53.8 cm³/mol. The highest BCUT2D eigenvalue weighted by molar-refractivity contribution is 4.97. The standard InChI is InChI=1S/C11H15F3N2O/c12-11(13,14)8(3-15)5-16-4-7-1-2-10(17)9(7)6-16/h7-10,17H,1-2,4-6H2. The van der Waals surface area contributed by atoms with Crippen LogP contribution in [0.1, 0.15) is 12.8 Å². The van der Waals surface area contributed by atoms with Crippen molar-refractivity contribution in [3.63, 3.8) is 0 Å². The third-order valence-corrected chi connectivity index (χ3v) is 3.89. The van der Waals surface area contributed by atoms with E-state index in [2.05, 4.69) is 0 Å².